The Bertz CT molecular complexity index is 583. The molecule has 1 heterocycles. The monoisotopic (exact) mass is 293 g/mol. The van der Waals surface area contributed by atoms with Gasteiger partial charge in [-0.05, 0) is 18.2 Å². The number of amides is 1. The van der Waals surface area contributed by atoms with Crippen molar-refractivity contribution in [2.75, 3.05) is 11.9 Å². The molecule has 0 aliphatic carbocycles. The molecule has 1 amide bonds. The second-order valence-electron chi connectivity index (χ2n) is 4.24. The zero-order valence-electron chi connectivity index (χ0n) is 11.1. The van der Waals surface area contributed by atoms with E-state index in [1.54, 1.807) is 30.5 Å². The van der Waals surface area contributed by atoms with Gasteiger partial charge in [-0.2, -0.15) is 0 Å². The van der Waals surface area contributed by atoms with Gasteiger partial charge in [0.25, 0.3) is 0 Å². The van der Waals surface area contributed by atoms with Gasteiger partial charge in [0.05, 0.1) is 19.3 Å². The Hall–Kier alpha value is -1.85. The highest BCUT2D eigenvalue weighted by Gasteiger charge is 2.05. The topological polar surface area (TPSA) is 67.2 Å². The van der Waals surface area contributed by atoms with Crippen LogP contribution in [0.2, 0.25) is 5.02 Å². The van der Waals surface area contributed by atoms with Crippen LogP contribution in [0, 0.1) is 0 Å². The zero-order valence-corrected chi connectivity index (χ0v) is 11.9. The van der Waals surface area contributed by atoms with E-state index in [0.717, 1.165) is 12.2 Å². The summed E-state index contributed by atoms with van der Waals surface area (Å²) in [6.07, 6.45) is 2.51. The molecule has 1 aromatic heterocycles. The summed E-state index contributed by atoms with van der Waals surface area (Å²) in [4.78, 5) is 15.8. The van der Waals surface area contributed by atoms with Crippen molar-refractivity contribution in [3.05, 3.63) is 47.1 Å². The average Bonchev–Trinajstić information content (AvgIpc) is 2.86. The number of aromatic nitrogens is 1. The standard InChI is InChI=1S/C14H16ClN3O2/c1-2-12-7-17-14(20-12)9-16-8-13(19)18-11-5-3-4-10(15)6-11/h3-7,16H,2,8-9H2,1H3,(H,18,19). The number of hydrogen-bond donors (Lipinski definition) is 2. The summed E-state index contributed by atoms with van der Waals surface area (Å²) >= 11 is 5.84. The van der Waals surface area contributed by atoms with Gasteiger partial charge in [-0.3, -0.25) is 10.1 Å². The molecule has 0 atom stereocenters. The van der Waals surface area contributed by atoms with Crippen LogP contribution in [0.3, 0.4) is 0 Å². The van der Waals surface area contributed by atoms with Crippen molar-refractivity contribution in [1.29, 1.82) is 0 Å². The minimum atomic E-state index is -0.144. The van der Waals surface area contributed by atoms with E-state index >= 15 is 0 Å². The number of oxazole rings is 1. The molecule has 2 rings (SSSR count). The Morgan fingerprint density at radius 3 is 3.00 bits per heavy atom. The van der Waals surface area contributed by atoms with Gasteiger partial charge in [-0.1, -0.05) is 24.6 Å². The molecule has 2 aromatic rings. The van der Waals surface area contributed by atoms with Crippen LogP contribution in [0.25, 0.3) is 0 Å². The molecule has 0 fully saturated rings. The second-order valence-corrected chi connectivity index (χ2v) is 4.67. The summed E-state index contributed by atoms with van der Waals surface area (Å²) < 4.78 is 5.43. The molecule has 106 valence electrons. The number of nitrogens with one attached hydrogen (secondary N) is 2. The highest BCUT2D eigenvalue weighted by atomic mass is 35.5. The lowest BCUT2D eigenvalue weighted by molar-refractivity contribution is -0.115. The minimum Gasteiger partial charge on any atom is -0.444 e. The smallest absolute Gasteiger partial charge is 0.238 e. The Balaban J connectivity index is 1.75. The zero-order chi connectivity index (χ0) is 14.4. The number of carbonyl (C=O) groups is 1. The quantitative estimate of drug-likeness (QED) is 0.859. The molecule has 0 aliphatic heterocycles. The summed E-state index contributed by atoms with van der Waals surface area (Å²) in [5.74, 6) is 1.28. The first kappa shape index (κ1) is 14.6. The van der Waals surface area contributed by atoms with Gasteiger partial charge in [0, 0.05) is 17.1 Å². The lowest BCUT2D eigenvalue weighted by Gasteiger charge is -2.05. The Morgan fingerprint density at radius 2 is 2.30 bits per heavy atom. The molecule has 0 bridgehead atoms. The molecule has 20 heavy (non-hydrogen) atoms. The van der Waals surface area contributed by atoms with Crippen molar-refractivity contribution in [3.8, 4) is 0 Å². The van der Waals surface area contributed by atoms with Gasteiger partial charge in [0.1, 0.15) is 5.76 Å². The third-order valence-electron chi connectivity index (χ3n) is 2.62. The van der Waals surface area contributed by atoms with Crippen molar-refractivity contribution in [1.82, 2.24) is 10.3 Å². The molecular formula is C14H16ClN3O2. The molecule has 0 unspecified atom stereocenters. The molecule has 6 heteroatoms. The van der Waals surface area contributed by atoms with E-state index in [4.69, 9.17) is 16.0 Å². The van der Waals surface area contributed by atoms with Crippen LogP contribution < -0.4 is 10.6 Å². The molecule has 1 aromatic carbocycles. The lowest BCUT2D eigenvalue weighted by atomic mass is 10.3. The summed E-state index contributed by atoms with van der Waals surface area (Å²) in [5, 5.41) is 6.31. The van der Waals surface area contributed by atoms with Gasteiger partial charge >= 0.3 is 0 Å². The van der Waals surface area contributed by atoms with Gasteiger partial charge in [-0.25, -0.2) is 4.98 Å². The first-order valence-corrected chi connectivity index (χ1v) is 6.75. The van der Waals surface area contributed by atoms with E-state index < -0.39 is 0 Å². The fraction of sp³-hybridized carbons (Fsp3) is 0.286. The van der Waals surface area contributed by atoms with Crippen LogP contribution in [0.4, 0.5) is 5.69 Å². The number of hydrogen-bond acceptors (Lipinski definition) is 4. The number of rotatable bonds is 6. The van der Waals surface area contributed by atoms with E-state index in [0.29, 0.717) is 23.1 Å². The van der Waals surface area contributed by atoms with Crippen molar-refractivity contribution in [3.63, 3.8) is 0 Å². The first-order valence-electron chi connectivity index (χ1n) is 6.37. The van der Waals surface area contributed by atoms with Crippen molar-refractivity contribution in [2.45, 2.75) is 19.9 Å². The summed E-state index contributed by atoms with van der Waals surface area (Å²) in [7, 11) is 0. The summed E-state index contributed by atoms with van der Waals surface area (Å²) in [5.41, 5.74) is 0.675. The largest absolute Gasteiger partial charge is 0.444 e. The molecule has 0 radical (unpaired) electrons. The van der Waals surface area contributed by atoms with Crippen molar-refractivity contribution < 1.29 is 9.21 Å². The maximum atomic E-state index is 11.7. The van der Waals surface area contributed by atoms with Crippen LogP contribution in [0.15, 0.2) is 34.9 Å². The normalized spacial score (nSPS) is 10.5. The summed E-state index contributed by atoms with van der Waals surface area (Å²) in [6.45, 7) is 2.59. The fourth-order valence-electron chi connectivity index (χ4n) is 1.65. The number of aryl methyl sites for hydroxylation is 1. The average molecular weight is 294 g/mol. The third kappa shape index (κ3) is 4.36. The first-order chi connectivity index (χ1) is 9.67. The van der Waals surface area contributed by atoms with Crippen LogP contribution in [0.5, 0.6) is 0 Å². The second kappa shape index (κ2) is 7.07. The number of anilines is 1. The fourth-order valence-corrected chi connectivity index (χ4v) is 1.84. The van der Waals surface area contributed by atoms with E-state index in [1.165, 1.54) is 0 Å². The maximum Gasteiger partial charge on any atom is 0.238 e. The van der Waals surface area contributed by atoms with Crippen LogP contribution in [0.1, 0.15) is 18.6 Å². The molecule has 5 nitrogen and oxygen atoms in total. The van der Waals surface area contributed by atoms with E-state index in [2.05, 4.69) is 15.6 Å². The molecular weight excluding hydrogens is 278 g/mol. The molecule has 0 aliphatic rings. The predicted molar refractivity (Wildman–Crippen MR) is 77.7 cm³/mol. The van der Waals surface area contributed by atoms with Gasteiger partial charge in [-0.15, -0.1) is 0 Å². The highest BCUT2D eigenvalue weighted by Crippen LogP contribution is 2.14. The Kier molecular flexibility index (Phi) is 5.15. The van der Waals surface area contributed by atoms with E-state index in [-0.39, 0.29) is 12.5 Å². The SMILES string of the molecule is CCc1cnc(CNCC(=O)Nc2cccc(Cl)c2)o1. The van der Waals surface area contributed by atoms with E-state index in [1.807, 2.05) is 6.92 Å². The van der Waals surface area contributed by atoms with E-state index in [9.17, 15) is 4.79 Å². The molecule has 0 saturated carbocycles. The minimum absolute atomic E-state index is 0.144. The number of halogens is 1. The molecule has 2 N–H and O–H groups in total. The van der Waals surface area contributed by atoms with Crippen LogP contribution in [-0.4, -0.2) is 17.4 Å². The number of carbonyl (C=O) groups excluding carboxylic acids is 1. The third-order valence-corrected chi connectivity index (χ3v) is 2.86. The van der Waals surface area contributed by atoms with Crippen LogP contribution in [-0.2, 0) is 17.8 Å². The van der Waals surface area contributed by atoms with Gasteiger partial charge in [0.15, 0.2) is 0 Å². The Morgan fingerprint density at radius 1 is 1.45 bits per heavy atom. The number of benzene rings is 1. The predicted octanol–water partition coefficient (Wildman–Crippen LogP) is 2.62. The van der Waals surface area contributed by atoms with Crippen LogP contribution >= 0.6 is 11.6 Å². The van der Waals surface area contributed by atoms with Crippen molar-refractivity contribution >= 4 is 23.2 Å². The van der Waals surface area contributed by atoms with Crippen molar-refractivity contribution in [2.24, 2.45) is 0 Å². The lowest BCUT2D eigenvalue weighted by Crippen LogP contribution is -2.27. The molecule has 0 spiro atoms. The highest BCUT2D eigenvalue weighted by molar-refractivity contribution is 6.30. The van der Waals surface area contributed by atoms with Gasteiger partial charge in [0.2, 0.25) is 11.8 Å². The molecule has 0 saturated heterocycles. The summed E-state index contributed by atoms with van der Waals surface area (Å²) in [6, 6.07) is 7.01. The number of nitrogens with zero attached hydrogens (tertiary/aromatic N) is 1. The van der Waals surface area contributed by atoms with Gasteiger partial charge < -0.3 is 9.73 Å². The Labute approximate surface area is 122 Å². The maximum absolute atomic E-state index is 11.7.